The number of methoxy groups -OCH3 is 2. The molecule has 1 fully saturated rings. The molecule has 0 spiro atoms. The van der Waals surface area contributed by atoms with Crippen LogP contribution >= 0.6 is 0 Å². The van der Waals surface area contributed by atoms with Gasteiger partial charge in [0.15, 0.2) is 0 Å². The van der Waals surface area contributed by atoms with Crippen LogP contribution in [0.3, 0.4) is 0 Å². The number of nitro groups is 2. The van der Waals surface area contributed by atoms with E-state index in [2.05, 4.69) is 0 Å². The number of hydrogen-bond donors (Lipinski definition) is 0. The number of rotatable bonds is 6. The van der Waals surface area contributed by atoms with Gasteiger partial charge in [0.1, 0.15) is 17.2 Å². The second-order valence-corrected chi connectivity index (χ2v) is 6.15. The van der Waals surface area contributed by atoms with Crippen molar-refractivity contribution in [2.45, 2.75) is 18.9 Å². The van der Waals surface area contributed by atoms with Crippen molar-refractivity contribution in [1.29, 1.82) is 0 Å². The van der Waals surface area contributed by atoms with Crippen molar-refractivity contribution in [3.63, 3.8) is 0 Å². The van der Waals surface area contributed by atoms with Gasteiger partial charge in [0.25, 0.3) is 11.4 Å². The first kappa shape index (κ1) is 18.4. The second kappa shape index (κ2) is 7.48. The minimum absolute atomic E-state index is 0.133. The largest absolute Gasteiger partial charge is 0.497 e. The van der Waals surface area contributed by atoms with Crippen LogP contribution in [0.25, 0.3) is 0 Å². The van der Waals surface area contributed by atoms with Crippen molar-refractivity contribution in [3.05, 3.63) is 62.2 Å². The van der Waals surface area contributed by atoms with Gasteiger partial charge in [0.05, 0.1) is 36.2 Å². The number of nitro benzene ring substituents is 2. The topological polar surface area (TPSA) is 108 Å². The van der Waals surface area contributed by atoms with Gasteiger partial charge in [-0.05, 0) is 31.0 Å². The second-order valence-electron chi connectivity index (χ2n) is 6.15. The summed E-state index contributed by atoms with van der Waals surface area (Å²) in [6.07, 6.45) is 1.63. The Bertz CT molecular complexity index is 885. The Balaban J connectivity index is 2.05. The van der Waals surface area contributed by atoms with Crippen LogP contribution in [-0.2, 0) is 0 Å². The fourth-order valence-electron chi connectivity index (χ4n) is 3.49. The van der Waals surface area contributed by atoms with Crippen molar-refractivity contribution < 1.29 is 19.3 Å². The molecule has 1 atom stereocenters. The van der Waals surface area contributed by atoms with Crippen LogP contribution in [-0.4, -0.2) is 30.6 Å². The Morgan fingerprint density at radius 1 is 1.04 bits per heavy atom. The molecule has 1 aliphatic rings. The third-order valence-corrected chi connectivity index (χ3v) is 4.73. The lowest BCUT2D eigenvalue weighted by molar-refractivity contribution is -0.393. The minimum Gasteiger partial charge on any atom is -0.497 e. The van der Waals surface area contributed by atoms with Crippen LogP contribution in [0.4, 0.5) is 17.1 Å². The van der Waals surface area contributed by atoms with Gasteiger partial charge >= 0.3 is 0 Å². The Kier molecular flexibility index (Phi) is 5.11. The summed E-state index contributed by atoms with van der Waals surface area (Å²) >= 11 is 0. The lowest BCUT2D eigenvalue weighted by atomic mass is 10.0. The molecule has 0 aliphatic carbocycles. The van der Waals surface area contributed by atoms with E-state index in [4.69, 9.17) is 9.47 Å². The first-order chi connectivity index (χ1) is 13.0. The summed E-state index contributed by atoms with van der Waals surface area (Å²) in [7, 11) is 3.13. The molecule has 27 heavy (non-hydrogen) atoms. The van der Waals surface area contributed by atoms with Gasteiger partial charge in [0, 0.05) is 24.2 Å². The smallest absolute Gasteiger partial charge is 0.299 e. The standard InChI is InChI=1S/C18H19N3O6/c1-26-13-6-7-14(18(11-13)27-2)15-4-3-9-19(15)16-8-5-12(20(22)23)10-17(16)21(24)25/h5-8,10-11,15H,3-4,9H2,1-2H3/t15-/m1/s1. The molecule has 0 aromatic heterocycles. The molecular formula is C18H19N3O6. The number of ether oxygens (including phenoxy) is 2. The summed E-state index contributed by atoms with van der Waals surface area (Å²) in [5.41, 5.74) is 0.682. The Labute approximate surface area is 155 Å². The normalized spacial score (nSPS) is 16.2. The average molecular weight is 373 g/mol. The summed E-state index contributed by atoms with van der Waals surface area (Å²) in [5, 5.41) is 22.5. The molecule has 9 nitrogen and oxygen atoms in total. The SMILES string of the molecule is COc1ccc([C@H]2CCCN2c2ccc([N+](=O)[O-])cc2[N+](=O)[O-])c(OC)c1. The van der Waals surface area contributed by atoms with Crippen LogP contribution in [0.1, 0.15) is 24.4 Å². The van der Waals surface area contributed by atoms with Gasteiger partial charge in [-0.15, -0.1) is 0 Å². The third-order valence-electron chi connectivity index (χ3n) is 4.73. The van der Waals surface area contributed by atoms with E-state index in [1.807, 2.05) is 17.0 Å². The Morgan fingerprint density at radius 2 is 1.81 bits per heavy atom. The number of benzene rings is 2. The fraction of sp³-hybridized carbons (Fsp3) is 0.333. The molecule has 142 valence electrons. The maximum absolute atomic E-state index is 11.5. The molecule has 0 amide bonds. The molecule has 0 N–H and O–H groups in total. The molecule has 1 heterocycles. The number of anilines is 1. The zero-order chi connectivity index (χ0) is 19.6. The highest BCUT2D eigenvalue weighted by molar-refractivity contribution is 5.68. The number of non-ortho nitro benzene ring substituents is 1. The molecular weight excluding hydrogens is 354 g/mol. The van der Waals surface area contributed by atoms with Gasteiger partial charge in [-0.1, -0.05) is 0 Å². The maximum atomic E-state index is 11.5. The molecule has 2 aromatic carbocycles. The predicted molar refractivity (Wildman–Crippen MR) is 98.6 cm³/mol. The molecule has 9 heteroatoms. The van der Waals surface area contributed by atoms with Crippen molar-refractivity contribution in [1.82, 2.24) is 0 Å². The van der Waals surface area contributed by atoms with Gasteiger partial charge in [-0.25, -0.2) is 0 Å². The van der Waals surface area contributed by atoms with Crippen molar-refractivity contribution in [3.8, 4) is 11.5 Å². The van der Waals surface area contributed by atoms with Crippen LogP contribution in [0.5, 0.6) is 11.5 Å². The van der Waals surface area contributed by atoms with E-state index in [0.29, 0.717) is 23.7 Å². The molecule has 0 unspecified atom stereocenters. The van der Waals surface area contributed by atoms with E-state index in [9.17, 15) is 20.2 Å². The van der Waals surface area contributed by atoms with Gasteiger partial charge < -0.3 is 14.4 Å². The lowest BCUT2D eigenvalue weighted by Gasteiger charge is -2.28. The number of nitrogens with zero attached hydrogens (tertiary/aromatic N) is 3. The van der Waals surface area contributed by atoms with Crippen molar-refractivity contribution in [2.75, 3.05) is 25.7 Å². The van der Waals surface area contributed by atoms with Crippen LogP contribution in [0.15, 0.2) is 36.4 Å². The van der Waals surface area contributed by atoms with Gasteiger partial charge in [-0.2, -0.15) is 0 Å². The third kappa shape index (κ3) is 3.48. The molecule has 0 saturated carbocycles. The predicted octanol–water partition coefficient (Wildman–Crippen LogP) is 3.86. The summed E-state index contributed by atoms with van der Waals surface area (Å²) in [6.45, 7) is 0.610. The van der Waals surface area contributed by atoms with Crippen molar-refractivity contribution in [2.24, 2.45) is 0 Å². The lowest BCUT2D eigenvalue weighted by Crippen LogP contribution is -2.24. The molecule has 1 aliphatic heterocycles. The fourth-order valence-corrected chi connectivity index (χ4v) is 3.49. The quantitative estimate of drug-likeness (QED) is 0.559. The van der Waals surface area contributed by atoms with Crippen LogP contribution in [0, 0.1) is 20.2 Å². The molecule has 1 saturated heterocycles. The number of hydrogen-bond acceptors (Lipinski definition) is 7. The van der Waals surface area contributed by atoms with E-state index < -0.39 is 9.85 Å². The van der Waals surface area contributed by atoms with E-state index in [0.717, 1.165) is 24.5 Å². The Morgan fingerprint density at radius 3 is 2.44 bits per heavy atom. The molecule has 3 rings (SSSR count). The summed E-state index contributed by atoms with van der Waals surface area (Å²) in [6, 6.07) is 9.10. The van der Waals surface area contributed by atoms with Gasteiger partial charge in [-0.3, -0.25) is 20.2 Å². The van der Waals surface area contributed by atoms with Crippen LogP contribution in [0.2, 0.25) is 0 Å². The first-order valence-electron chi connectivity index (χ1n) is 8.37. The zero-order valence-corrected chi connectivity index (χ0v) is 15.0. The highest BCUT2D eigenvalue weighted by atomic mass is 16.6. The molecule has 0 bridgehead atoms. The van der Waals surface area contributed by atoms with E-state index >= 15 is 0 Å². The molecule has 2 aromatic rings. The summed E-state index contributed by atoms with van der Waals surface area (Å²) in [4.78, 5) is 23.2. The van der Waals surface area contributed by atoms with E-state index in [1.54, 1.807) is 20.3 Å². The highest BCUT2D eigenvalue weighted by Gasteiger charge is 2.33. The van der Waals surface area contributed by atoms with E-state index in [1.165, 1.54) is 12.1 Å². The monoisotopic (exact) mass is 373 g/mol. The first-order valence-corrected chi connectivity index (χ1v) is 8.37. The van der Waals surface area contributed by atoms with Crippen molar-refractivity contribution >= 4 is 17.1 Å². The average Bonchev–Trinajstić information content (AvgIpc) is 3.16. The highest BCUT2D eigenvalue weighted by Crippen LogP contribution is 2.44. The summed E-state index contributed by atoms with van der Waals surface area (Å²) < 4.78 is 10.7. The minimum atomic E-state index is -0.634. The van der Waals surface area contributed by atoms with Crippen LogP contribution < -0.4 is 14.4 Å². The summed E-state index contributed by atoms with van der Waals surface area (Å²) in [5.74, 6) is 1.29. The van der Waals surface area contributed by atoms with E-state index in [-0.39, 0.29) is 17.4 Å². The zero-order valence-electron chi connectivity index (χ0n) is 15.0. The van der Waals surface area contributed by atoms with Gasteiger partial charge in [0.2, 0.25) is 0 Å². The maximum Gasteiger partial charge on any atom is 0.299 e. The molecule has 0 radical (unpaired) electrons. The Hall–Kier alpha value is -3.36.